The van der Waals surface area contributed by atoms with Crippen LogP contribution >= 0.6 is 22.7 Å². The zero-order valence-corrected chi connectivity index (χ0v) is 12.9. The molecule has 0 saturated heterocycles. The molecule has 2 aromatic rings. The summed E-state index contributed by atoms with van der Waals surface area (Å²) in [6.45, 7) is 2.77. The molecule has 0 aliphatic rings. The summed E-state index contributed by atoms with van der Waals surface area (Å²) in [7, 11) is 0. The predicted octanol–water partition coefficient (Wildman–Crippen LogP) is 5.48. The van der Waals surface area contributed by atoms with Crippen molar-refractivity contribution < 1.29 is 9.53 Å². The molecular formula is C15H20O2S2. The number of unbranched alkanes of at least 4 members (excludes halogenated alkanes) is 5. The standard InChI is InChI=1S/C15H20O2S2/c1-2-3-4-5-6-7-8-17-15(16)13-9-12-10-18-11-14(12)19-13/h9-11H,2-8H2,1H3. The molecule has 0 saturated carbocycles. The van der Waals surface area contributed by atoms with E-state index in [0.29, 0.717) is 6.61 Å². The van der Waals surface area contributed by atoms with E-state index in [9.17, 15) is 4.79 Å². The van der Waals surface area contributed by atoms with Crippen LogP contribution in [0.15, 0.2) is 16.8 Å². The van der Waals surface area contributed by atoms with Gasteiger partial charge in [-0.15, -0.1) is 11.3 Å². The minimum Gasteiger partial charge on any atom is -0.462 e. The third kappa shape index (κ3) is 4.32. The first-order chi connectivity index (χ1) is 9.31. The van der Waals surface area contributed by atoms with Gasteiger partial charge in [0.05, 0.1) is 6.61 Å². The molecule has 2 nitrogen and oxygen atoms in total. The first-order valence-corrected chi connectivity index (χ1v) is 8.70. The zero-order valence-electron chi connectivity index (χ0n) is 11.3. The summed E-state index contributed by atoms with van der Waals surface area (Å²) in [5, 5.41) is 5.29. The number of ether oxygens (including phenoxy) is 1. The molecule has 2 heterocycles. The fourth-order valence-electron chi connectivity index (χ4n) is 1.99. The minimum atomic E-state index is -0.167. The normalized spacial score (nSPS) is 11.0. The van der Waals surface area contributed by atoms with Crippen molar-refractivity contribution in [1.29, 1.82) is 0 Å². The zero-order chi connectivity index (χ0) is 13.5. The lowest BCUT2D eigenvalue weighted by Gasteiger charge is -2.03. The van der Waals surface area contributed by atoms with Crippen LogP contribution in [-0.2, 0) is 4.74 Å². The van der Waals surface area contributed by atoms with Gasteiger partial charge in [-0.05, 0) is 17.9 Å². The van der Waals surface area contributed by atoms with Crippen LogP contribution in [0.5, 0.6) is 0 Å². The van der Waals surface area contributed by atoms with Crippen molar-refractivity contribution in [3.63, 3.8) is 0 Å². The van der Waals surface area contributed by atoms with Gasteiger partial charge in [0.25, 0.3) is 0 Å². The number of hydrogen-bond acceptors (Lipinski definition) is 4. The molecular weight excluding hydrogens is 276 g/mol. The van der Waals surface area contributed by atoms with E-state index in [1.165, 1.54) is 41.7 Å². The minimum absolute atomic E-state index is 0.167. The SMILES string of the molecule is CCCCCCCCOC(=O)c1cc2cscc2s1. The lowest BCUT2D eigenvalue weighted by Crippen LogP contribution is -2.04. The van der Waals surface area contributed by atoms with E-state index in [1.807, 2.05) is 6.07 Å². The van der Waals surface area contributed by atoms with Gasteiger partial charge in [-0.1, -0.05) is 39.0 Å². The number of hydrogen-bond donors (Lipinski definition) is 0. The van der Waals surface area contributed by atoms with Crippen molar-refractivity contribution in [2.45, 2.75) is 45.4 Å². The highest BCUT2D eigenvalue weighted by Crippen LogP contribution is 2.29. The molecule has 104 valence electrons. The van der Waals surface area contributed by atoms with Crippen LogP contribution in [-0.4, -0.2) is 12.6 Å². The van der Waals surface area contributed by atoms with Crippen molar-refractivity contribution in [3.8, 4) is 0 Å². The van der Waals surface area contributed by atoms with E-state index < -0.39 is 0 Å². The second-order valence-electron chi connectivity index (χ2n) is 4.71. The first-order valence-electron chi connectivity index (χ1n) is 6.94. The molecule has 0 fully saturated rings. The maximum atomic E-state index is 11.8. The maximum absolute atomic E-state index is 11.8. The van der Waals surface area contributed by atoms with Crippen LogP contribution in [0.25, 0.3) is 10.1 Å². The Morgan fingerprint density at radius 3 is 2.74 bits per heavy atom. The fourth-order valence-corrected chi connectivity index (χ4v) is 3.90. The molecule has 0 radical (unpaired) electrons. The number of fused-ring (bicyclic) bond motifs is 1. The molecule has 2 rings (SSSR count). The van der Waals surface area contributed by atoms with Crippen LogP contribution in [0.1, 0.15) is 55.1 Å². The average Bonchev–Trinajstić information content (AvgIpc) is 2.98. The Kier molecular flexibility index (Phi) is 5.86. The molecule has 0 aliphatic heterocycles. The fraction of sp³-hybridized carbons (Fsp3) is 0.533. The Morgan fingerprint density at radius 2 is 1.95 bits per heavy atom. The number of rotatable bonds is 8. The second kappa shape index (κ2) is 7.65. The molecule has 0 bridgehead atoms. The van der Waals surface area contributed by atoms with Gasteiger partial charge in [0.1, 0.15) is 4.88 Å². The van der Waals surface area contributed by atoms with Gasteiger partial charge in [-0.3, -0.25) is 0 Å². The molecule has 0 N–H and O–H groups in total. The Labute approximate surface area is 122 Å². The van der Waals surface area contributed by atoms with Gasteiger partial charge in [-0.2, -0.15) is 11.3 Å². The largest absolute Gasteiger partial charge is 0.462 e. The molecule has 0 aromatic carbocycles. The highest BCUT2D eigenvalue weighted by atomic mass is 32.1. The smallest absolute Gasteiger partial charge is 0.348 e. The molecule has 19 heavy (non-hydrogen) atoms. The number of esters is 1. The Morgan fingerprint density at radius 1 is 1.16 bits per heavy atom. The number of carbonyl (C=O) groups excluding carboxylic acids is 1. The quantitative estimate of drug-likeness (QED) is 0.476. The highest BCUT2D eigenvalue weighted by molar-refractivity contribution is 7.23. The summed E-state index contributed by atoms with van der Waals surface area (Å²) in [5.74, 6) is -0.167. The highest BCUT2D eigenvalue weighted by Gasteiger charge is 2.11. The van der Waals surface area contributed by atoms with Crippen molar-refractivity contribution in [2.75, 3.05) is 6.61 Å². The maximum Gasteiger partial charge on any atom is 0.348 e. The molecule has 0 amide bonds. The summed E-state index contributed by atoms with van der Waals surface area (Å²) in [5.41, 5.74) is 0. The molecule has 2 aromatic heterocycles. The van der Waals surface area contributed by atoms with E-state index in [2.05, 4.69) is 17.7 Å². The lowest BCUT2D eigenvalue weighted by molar-refractivity contribution is 0.0503. The molecule has 0 atom stereocenters. The lowest BCUT2D eigenvalue weighted by atomic mass is 10.1. The van der Waals surface area contributed by atoms with Crippen molar-refractivity contribution >= 4 is 38.7 Å². The van der Waals surface area contributed by atoms with E-state index >= 15 is 0 Å². The Balaban J connectivity index is 1.66. The van der Waals surface area contributed by atoms with Gasteiger partial charge >= 0.3 is 5.97 Å². The molecule has 4 heteroatoms. The van der Waals surface area contributed by atoms with E-state index in [1.54, 1.807) is 11.3 Å². The van der Waals surface area contributed by atoms with Crippen LogP contribution < -0.4 is 0 Å². The molecule has 0 unspecified atom stereocenters. The van der Waals surface area contributed by atoms with Crippen LogP contribution in [0.4, 0.5) is 0 Å². The monoisotopic (exact) mass is 296 g/mol. The van der Waals surface area contributed by atoms with Gasteiger partial charge in [0.15, 0.2) is 0 Å². The van der Waals surface area contributed by atoms with Crippen molar-refractivity contribution in [3.05, 3.63) is 21.7 Å². The topological polar surface area (TPSA) is 26.3 Å². The van der Waals surface area contributed by atoms with Crippen LogP contribution in [0.3, 0.4) is 0 Å². The number of carbonyl (C=O) groups is 1. The van der Waals surface area contributed by atoms with Gasteiger partial charge in [-0.25, -0.2) is 4.79 Å². The average molecular weight is 296 g/mol. The summed E-state index contributed by atoms with van der Waals surface area (Å²) in [4.78, 5) is 12.6. The van der Waals surface area contributed by atoms with E-state index in [-0.39, 0.29) is 5.97 Å². The predicted molar refractivity (Wildman–Crippen MR) is 83.4 cm³/mol. The first kappa shape index (κ1) is 14.5. The number of thiophene rings is 2. The van der Waals surface area contributed by atoms with Crippen LogP contribution in [0, 0.1) is 0 Å². The van der Waals surface area contributed by atoms with Crippen LogP contribution in [0.2, 0.25) is 0 Å². The third-order valence-corrected chi connectivity index (χ3v) is 5.08. The van der Waals surface area contributed by atoms with Gasteiger partial charge in [0.2, 0.25) is 0 Å². The van der Waals surface area contributed by atoms with E-state index in [4.69, 9.17) is 4.74 Å². The summed E-state index contributed by atoms with van der Waals surface area (Å²) < 4.78 is 6.49. The third-order valence-electron chi connectivity index (χ3n) is 3.09. The summed E-state index contributed by atoms with van der Waals surface area (Å²) >= 11 is 3.19. The van der Waals surface area contributed by atoms with E-state index in [0.717, 1.165) is 23.1 Å². The molecule has 0 aliphatic carbocycles. The Bertz CT molecular complexity index is 484. The van der Waals surface area contributed by atoms with Crippen molar-refractivity contribution in [2.24, 2.45) is 0 Å². The van der Waals surface area contributed by atoms with Gasteiger partial charge < -0.3 is 4.74 Å². The van der Waals surface area contributed by atoms with Crippen molar-refractivity contribution in [1.82, 2.24) is 0 Å². The second-order valence-corrected chi connectivity index (χ2v) is 6.53. The summed E-state index contributed by atoms with van der Waals surface area (Å²) in [6.07, 6.45) is 7.27. The summed E-state index contributed by atoms with van der Waals surface area (Å²) in [6, 6.07) is 1.93. The van der Waals surface area contributed by atoms with Gasteiger partial charge in [0, 0.05) is 15.5 Å². The molecule has 0 spiro atoms. The Hall–Kier alpha value is -0.870.